The van der Waals surface area contributed by atoms with Crippen LogP contribution < -0.4 is 4.74 Å². The standard InChI is InChI=1S/C20H22O13/c1-8(21)29-14-15(30-9(2)22)17(31-10(3)23)20(33-16(14)19(27)28-4)32-13-6-5-11(18(25)26)7-12(13)24/h5-7,14-17,20,24H,1-4H3,(H,25,26)/t14-,15-,16-,17+,20+/m0/s1. The van der Waals surface area contributed by atoms with Gasteiger partial charge in [0.05, 0.1) is 12.7 Å². The van der Waals surface area contributed by atoms with Crippen LogP contribution in [0.3, 0.4) is 0 Å². The van der Waals surface area contributed by atoms with Crippen molar-refractivity contribution in [3.63, 3.8) is 0 Å². The number of carbonyl (C=O) groups excluding carboxylic acids is 4. The fourth-order valence-electron chi connectivity index (χ4n) is 3.05. The van der Waals surface area contributed by atoms with Crippen molar-refractivity contribution in [2.24, 2.45) is 0 Å². The first-order valence-corrected chi connectivity index (χ1v) is 9.42. The van der Waals surface area contributed by atoms with Gasteiger partial charge < -0.3 is 38.6 Å². The molecule has 5 atom stereocenters. The number of esters is 4. The first kappa shape index (κ1) is 25.4. The number of benzene rings is 1. The van der Waals surface area contributed by atoms with Gasteiger partial charge in [-0.3, -0.25) is 14.4 Å². The topological polar surface area (TPSA) is 181 Å². The zero-order valence-electron chi connectivity index (χ0n) is 18.0. The number of phenolic OH excluding ortho intramolecular Hbond substituents is 1. The number of carbonyl (C=O) groups is 5. The Hall–Kier alpha value is -3.87. The molecule has 33 heavy (non-hydrogen) atoms. The molecule has 1 aromatic rings. The quantitative estimate of drug-likeness (QED) is 0.406. The number of carboxylic acid groups (broad SMARTS) is 1. The summed E-state index contributed by atoms with van der Waals surface area (Å²) >= 11 is 0. The first-order chi connectivity index (χ1) is 15.4. The summed E-state index contributed by atoms with van der Waals surface area (Å²) in [4.78, 5) is 58.5. The molecule has 1 fully saturated rings. The Balaban J connectivity index is 2.52. The fraction of sp³-hybridized carbons (Fsp3) is 0.450. The van der Waals surface area contributed by atoms with E-state index in [1.807, 2.05) is 0 Å². The number of aromatic carboxylic acids is 1. The Labute approximate surface area is 187 Å². The number of rotatable bonds is 7. The molecular weight excluding hydrogens is 448 g/mol. The molecule has 1 saturated heterocycles. The molecule has 0 amide bonds. The van der Waals surface area contributed by atoms with Gasteiger partial charge in [-0.1, -0.05) is 0 Å². The summed E-state index contributed by atoms with van der Waals surface area (Å²) in [5.74, 6) is -5.85. The largest absolute Gasteiger partial charge is 0.504 e. The molecule has 0 radical (unpaired) electrons. The summed E-state index contributed by atoms with van der Waals surface area (Å²) < 4.78 is 31.2. The predicted octanol–water partition coefficient (Wildman–Crippen LogP) is 0.162. The summed E-state index contributed by atoms with van der Waals surface area (Å²) in [5, 5.41) is 19.2. The number of ether oxygens (including phenoxy) is 6. The smallest absolute Gasteiger partial charge is 0.339 e. The van der Waals surface area contributed by atoms with Gasteiger partial charge in [-0.05, 0) is 18.2 Å². The van der Waals surface area contributed by atoms with E-state index in [-0.39, 0.29) is 11.3 Å². The SMILES string of the molecule is COC(=O)[C@H]1O[C@@H](Oc2ccc(C(=O)O)cc2O)[C@H](OC(C)=O)[C@@H](OC(C)=O)[C@@H]1OC(C)=O. The molecule has 1 heterocycles. The summed E-state index contributed by atoms with van der Waals surface area (Å²) in [5.41, 5.74) is -0.249. The van der Waals surface area contributed by atoms with Crippen LogP contribution in [0.25, 0.3) is 0 Å². The van der Waals surface area contributed by atoms with Crippen molar-refractivity contribution < 1.29 is 62.6 Å². The van der Waals surface area contributed by atoms with Crippen LogP contribution in [0.15, 0.2) is 18.2 Å². The molecule has 0 unspecified atom stereocenters. The lowest BCUT2D eigenvalue weighted by atomic mass is 9.97. The maximum atomic E-state index is 12.3. The molecule has 13 nitrogen and oxygen atoms in total. The lowest BCUT2D eigenvalue weighted by Gasteiger charge is -2.43. The second kappa shape index (κ2) is 10.6. The third kappa shape index (κ3) is 6.32. The molecular formula is C20H22O13. The minimum absolute atomic E-state index is 0.249. The van der Waals surface area contributed by atoms with Crippen LogP contribution in [0.1, 0.15) is 31.1 Å². The lowest BCUT2D eigenvalue weighted by Crippen LogP contribution is -2.64. The molecule has 0 spiro atoms. The molecule has 1 aromatic carbocycles. The van der Waals surface area contributed by atoms with Crippen molar-refractivity contribution in [2.45, 2.75) is 51.5 Å². The van der Waals surface area contributed by atoms with E-state index in [4.69, 9.17) is 28.8 Å². The van der Waals surface area contributed by atoms with E-state index in [9.17, 15) is 29.1 Å². The highest BCUT2D eigenvalue weighted by atomic mass is 16.7. The van der Waals surface area contributed by atoms with Gasteiger partial charge in [0.1, 0.15) is 0 Å². The molecule has 2 N–H and O–H groups in total. The Morgan fingerprint density at radius 1 is 0.879 bits per heavy atom. The van der Waals surface area contributed by atoms with E-state index < -0.39 is 66.3 Å². The molecule has 0 aliphatic carbocycles. The number of hydrogen-bond donors (Lipinski definition) is 2. The van der Waals surface area contributed by atoms with Gasteiger partial charge in [-0.15, -0.1) is 0 Å². The second-order valence-electron chi connectivity index (χ2n) is 6.78. The highest BCUT2D eigenvalue weighted by Gasteiger charge is 2.56. The van der Waals surface area contributed by atoms with Crippen molar-refractivity contribution in [2.75, 3.05) is 7.11 Å². The van der Waals surface area contributed by atoms with Crippen molar-refractivity contribution >= 4 is 29.8 Å². The van der Waals surface area contributed by atoms with Crippen LogP contribution in [-0.4, -0.2) is 77.9 Å². The number of hydrogen-bond acceptors (Lipinski definition) is 12. The molecule has 1 aliphatic heterocycles. The van der Waals surface area contributed by atoms with E-state index in [0.29, 0.717) is 0 Å². The van der Waals surface area contributed by atoms with E-state index in [1.54, 1.807) is 0 Å². The summed E-state index contributed by atoms with van der Waals surface area (Å²) in [6, 6.07) is 3.10. The normalized spacial score (nSPS) is 24.2. The zero-order valence-corrected chi connectivity index (χ0v) is 18.0. The summed E-state index contributed by atoms with van der Waals surface area (Å²) in [7, 11) is 1.03. The lowest BCUT2D eigenvalue weighted by molar-refractivity contribution is -0.282. The van der Waals surface area contributed by atoms with Crippen LogP contribution >= 0.6 is 0 Å². The van der Waals surface area contributed by atoms with E-state index in [0.717, 1.165) is 46.1 Å². The number of aromatic hydroxyl groups is 1. The third-order valence-electron chi connectivity index (χ3n) is 4.28. The second-order valence-corrected chi connectivity index (χ2v) is 6.78. The number of carboxylic acids is 1. The van der Waals surface area contributed by atoms with Gasteiger partial charge in [0.15, 0.2) is 29.8 Å². The third-order valence-corrected chi connectivity index (χ3v) is 4.28. The minimum Gasteiger partial charge on any atom is -0.504 e. The molecule has 0 saturated carbocycles. The summed E-state index contributed by atoms with van der Waals surface area (Å²) in [6.45, 7) is 3.10. The van der Waals surface area contributed by atoms with Gasteiger partial charge in [0.25, 0.3) is 0 Å². The average molecular weight is 470 g/mol. The van der Waals surface area contributed by atoms with Gasteiger partial charge in [-0.25, -0.2) is 9.59 Å². The minimum atomic E-state index is -1.68. The maximum Gasteiger partial charge on any atom is 0.339 e. The van der Waals surface area contributed by atoms with E-state index in [2.05, 4.69) is 4.74 Å². The molecule has 2 rings (SSSR count). The Kier molecular flexibility index (Phi) is 8.18. The fourth-order valence-corrected chi connectivity index (χ4v) is 3.05. The van der Waals surface area contributed by atoms with Gasteiger partial charge in [0.2, 0.25) is 12.4 Å². The molecule has 13 heteroatoms. The van der Waals surface area contributed by atoms with E-state index >= 15 is 0 Å². The molecule has 0 bridgehead atoms. The van der Waals surface area contributed by atoms with Gasteiger partial charge in [-0.2, -0.15) is 0 Å². The van der Waals surface area contributed by atoms with Crippen molar-refractivity contribution in [1.29, 1.82) is 0 Å². The van der Waals surface area contributed by atoms with E-state index in [1.165, 1.54) is 0 Å². The Morgan fingerprint density at radius 2 is 1.42 bits per heavy atom. The molecule has 1 aliphatic rings. The van der Waals surface area contributed by atoms with Crippen molar-refractivity contribution in [3.8, 4) is 11.5 Å². The van der Waals surface area contributed by atoms with Gasteiger partial charge >= 0.3 is 29.8 Å². The maximum absolute atomic E-state index is 12.3. The van der Waals surface area contributed by atoms with Crippen LogP contribution in [-0.2, 0) is 42.9 Å². The monoisotopic (exact) mass is 470 g/mol. The predicted molar refractivity (Wildman–Crippen MR) is 103 cm³/mol. The van der Waals surface area contributed by atoms with Crippen molar-refractivity contribution in [3.05, 3.63) is 23.8 Å². The Bertz CT molecular complexity index is 940. The molecule has 0 aromatic heterocycles. The first-order valence-electron chi connectivity index (χ1n) is 9.42. The average Bonchev–Trinajstić information content (AvgIpc) is 2.71. The van der Waals surface area contributed by atoms with Crippen LogP contribution in [0, 0.1) is 0 Å². The van der Waals surface area contributed by atoms with Crippen LogP contribution in [0.4, 0.5) is 0 Å². The van der Waals surface area contributed by atoms with Crippen LogP contribution in [0.5, 0.6) is 11.5 Å². The molecule has 180 valence electrons. The van der Waals surface area contributed by atoms with Crippen LogP contribution in [0.2, 0.25) is 0 Å². The number of methoxy groups -OCH3 is 1. The number of phenols is 1. The Morgan fingerprint density at radius 3 is 1.91 bits per heavy atom. The van der Waals surface area contributed by atoms with Crippen molar-refractivity contribution in [1.82, 2.24) is 0 Å². The highest BCUT2D eigenvalue weighted by Crippen LogP contribution is 2.34. The highest BCUT2D eigenvalue weighted by molar-refractivity contribution is 5.88. The zero-order chi connectivity index (χ0) is 24.9. The summed E-state index contributed by atoms with van der Waals surface area (Å²) in [6.07, 6.45) is -8.09. The van der Waals surface area contributed by atoms with Gasteiger partial charge in [0, 0.05) is 20.8 Å².